The molecule has 0 saturated carbocycles. The molecule has 2 atom stereocenters. The van der Waals surface area contributed by atoms with Crippen LogP contribution in [0.2, 0.25) is 5.02 Å². The molecule has 1 fully saturated rings. The number of fused-ring (bicyclic) bond motifs is 2. The second kappa shape index (κ2) is 6.46. The third-order valence-electron chi connectivity index (χ3n) is 4.71. The van der Waals surface area contributed by atoms with E-state index in [1.54, 1.807) is 42.5 Å². The number of rotatable bonds is 2. The second-order valence-electron chi connectivity index (χ2n) is 6.42. The van der Waals surface area contributed by atoms with Gasteiger partial charge in [-0.05, 0) is 36.8 Å². The van der Waals surface area contributed by atoms with Crippen molar-refractivity contribution in [1.82, 2.24) is 10.2 Å². The number of carbonyl (C=O) groups is 3. The van der Waals surface area contributed by atoms with Gasteiger partial charge in [0.05, 0.1) is 11.3 Å². The summed E-state index contributed by atoms with van der Waals surface area (Å²) in [5.41, 5.74) is 1.37. The van der Waals surface area contributed by atoms with Crippen molar-refractivity contribution in [3.05, 3.63) is 64.7 Å². The number of anilines is 1. The molecular formula is C19H16ClN3O3. The minimum absolute atomic E-state index is 0.215. The summed E-state index contributed by atoms with van der Waals surface area (Å²) in [4.78, 5) is 39.3. The summed E-state index contributed by atoms with van der Waals surface area (Å²) in [7, 11) is 0. The third-order valence-corrected chi connectivity index (χ3v) is 4.94. The average Bonchev–Trinajstić information content (AvgIpc) is 3.02. The molecule has 132 valence electrons. The van der Waals surface area contributed by atoms with Crippen molar-refractivity contribution in [2.75, 3.05) is 11.9 Å². The van der Waals surface area contributed by atoms with Gasteiger partial charge in [0, 0.05) is 23.2 Å². The molecule has 2 N–H and O–H groups in total. The Morgan fingerprint density at radius 2 is 1.92 bits per heavy atom. The Kier molecular flexibility index (Phi) is 4.12. The Balaban J connectivity index is 1.55. The average molecular weight is 370 g/mol. The van der Waals surface area contributed by atoms with E-state index in [0.717, 1.165) is 0 Å². The summed E-state index contributed by atoms with van der Waals surface area (Å²) in [6.07, 6.45) is 0.373. The van der Waals surface area contributed by atoms with Crippen LogP contribution in [0.1, 0.15) is 27.1 Å². The summed E-state index contributed by atoms with van der Waals surface area (Å²) in [6.45, 7) is 0.289. The van der Waals surface area contributed by atoms with E-state index in [1.165, 1.54) is 4.90 Å². The van der Waals surface area contributed by atoms with Crippen molar-refractivity contribution in [2.24, 2.45) is 0 Å². The Hall–Kier alpha value is -2.86. The van der Waals surface area contributed by atoms with Crippen LogP contribution in [0.25, 0.3) is 0 Å². The Morgan fingerprint density at radius 1 is 1.15 bits per heavy atom. The lowest BCUT2D eigenvalue weighted by Gasteiger charge is -2.20. The predicted molar refractivity (Wildman–Crippen MR) is 97.2 cm³/mol. The molecule has 2 aliphatic rings. The molecule has 0 radical (unpaired) electrons. The van der Waals surface area contributed by atoms with Gasteiger partial charge < -0.3 is 15.5 Å². The number of halogens is 1. The van der Waals surface area contributed by atoms with Gasteiger partial charge >= 0.3 is 0 Å². The zero-order valence-corrected chi connectivity index (χ0v) is 14.5. The molecule has 0 aromatic heterocycles. The first-order valence-electron chi connectivity index (χ1n) is 8.30. The standard InChI is InChI=1S/C19H16ClN3O3/c20-12-6-7-14-15(8-12)22-18(25)16-9-13(10-23(16)19(14)26)21-17(24)11-4-2-1-3-5-11/h1-8,13,16H,9-10H2,(H,21,24)(H,22,25). The van der Waals surface area contributed by atoms with Gasteiger partial charge in [-0.25, -0.2) is 0 Å². The smallest absolute Gasteiger partial charge is 0.256 e. The number of hydrogen-bond donors (Lipinski definition) is 2. The topological polar surface area (TPSA) is 78.5 Å². The van der Waals surface area contributed by atoms with Crippen LogP contribution < -0.4 is 10.6 Å². The van der Waals surface area contributed by atoms with Crippen molar-refractivity contribution >= 4 is 35.0 Å². The van der Waals surface area contributed by atoms with Crippen molar-refractivity contribution < 1.29 is 14.4 Å². The van der Waals surface area contributed by atoms with Crippen LogP contribution in [0.15, 0.2) is 48.5 Å². The lowest BCUT2D eigenvalue weighted by Crippen LogP contribution is -2.41. The molecule has 2 unspecified atom stereocenters. The fourth-order valence-corrected chi connectivity index (χ4v) is 3.62. The number of carbonyl (C=O) groups excluding carboxylic acids is 3. The van der Waals surface area contributed by atoms with Gasteiger partial charge in [0.15, 0.2) is 0 Å². The molecule has 6 nitrogen and oxygen atoms in total. The first-order valence-corrected chi connectivity index (χ1v) is 8.68. The van der Waals surface area contributed by atoms with E-state index >= 15 is 0 Å². The summed E-state index contributed by atoms with van der Waals surface area (Å²) in [5, 5.41) is 6.14. The normalized spacial score (nSPS) is 21.5. The molecule has 7 heteroatoms. The fraction of sp³-hybridized carbons (Fsp3) is 0.211. The minimum Gasteiger partial charge on any atom is -0.347 e. The van der Waals surface area contributed by atoms with Crippen LogP contribution >= 0.6 is 11.6 Å². The summed E-state index contributed by atoms with van der Waals surface area (Å²) in [5.74, 6) is -0.722. The molecule has 0 bridgehead atoms. The molecular weight excluding hydrogens is 354 g/mol. The Bertz CT molecular complexity index is 900. The SMILES string of the molecule is O=C(NC1CC2C(=O)Nc3cc(Cl)ccc3C(=O)N2C1)c1ccccc1. The quantitative estimate of drug-likeness (QED) is 0.852. The molecule has 0 spiro atoms. The van der Waals surface area contributed by atoms with Gasteiger partial charge in [-0.1, -0.05) is 29.8 Å². The number of hydrogen-bond acceptors (Lipinski definition) is 3. The lowest BCUT2D eigenvalue weighted by molar-refractivity contribution is -0.119. The maximum atomic E-state index is 12.9. The van der Waals surface area contributed by atoms with Crippen LogP contribution in [-0.2, 0) is 4.79 Å². The maximum absolute atomic E-state index is 12.9. The highest BCUT2D eigenvalue weighted by atomic mass is 35.5. The van der Waals surface area contributed by atoms with E-state index in [1.807, 2.05) is 6.07 Å². The van der Waals surface area contributed by atoms with Crippen LogP contribution in [0.3, 0.4) is 0 Å². The number of nitrogens with zero attached hydrogens (tertiary/aromatic N) is 1. The van der Waals surface area contributed by atoms with E-state index in [-0.39, 0.29) is 30.3 Å². The van der Waals surface area contributed by atoms with Gasteiger partial charge in [-0.15, -0.1) is 0 Å². The first-order chi connectivity index (χ1) is 12.5. The zero-order chi connectivity index (χ0) is 18.3. The highest BCUT2D eigenvalue weighted by molar-refractivity contribution is 6.31. The highest BCUT2D eigenvalue weighted by Crippen LogP contribution is 2.30. The number of benzene rings is 2. The van der Waals surface area contributed by atoms with E-state index in [2.05, 4.69) is 10.6 Å². The summed E-state index contributed by atoms with van der Waals surface area (Å²) >= 11 is 5.96. The number of nitrogens with one attached hydrogen (secondary N) is 2. The van der Waals surface area contributed by atoms with Gasteiger partial charge in [0.2, 0.25) is 5.91 Å². The Labute approximate surface area is 155 Å². The molecule has 26 heavy (non-hydrogen) atoms. The van der Waals surface area contributed by atoms with Gasteiger partial charge in [-0.2, -0.15) is 0 Å². The molecule has 4 rings (SSSR count). The first kappa shape index (κ1) is 16.6. The highest BCUT2D eigenvalue weighted by Gasteiger charge is 2.43. The molecule has 2 aliphatic heterocycles. The second-order valence-corrected chi connectivity index (χ2v) is 6.86. The summed E-state index contributed by atoms with van der Waals surface area (Å²) < 4.78 is 0. The van der Waals surface area contributed by atoms with Crippen molar-refractivity contribution in [2.45, 2.75) is 18.5 Å². The minimum atomic E-state index is -0.616. The van der Waals surface area contributed by atoms with E-state index in [4.69, 9.17) is 11.6 Å². The van der Waals surface area contributed by atoms with Gasteiger partial charge in [-0.3, -0.25) is 14.4 Å². The molecule has 2 aromatic rings. The lowest BCUT2D eigenvalue weighted by atomic mass is 10.1. The predicted octanol–water partition coefficient (Wildman–Crippen LogP) is 2.31. The van der Waals surface area contributed by atoms with E-state index in [9.17, 15) is 14.4 Å². The van der Waals surface area contributed by atoms with E-state index in [0.29, 0.717) is 28.3 Å². The van der Waals surface area contributed by atoms with Gasteiger partial charge in [0.25, 0.3) is 11.8 Å². The summed E-state index contributed by atoms with van der Waals surface area (Å²) in [6, 6.07) is 12.8. The van der Waals surface area contributed by atoms with Crippen LogP contribution in [0.5, 0.6) is 0 Å². The molecule has 2 aromatic carbocycles. The number of amides is 3. The molecule has 1 saturated heterocycles. The van der Waals surface area contributed by atoms with Crippen molar-refractivity contribution in [3.8, 4) is 0 Å². The zero-order valence-electron chi connectivity index (χ0n) is 13.7. The Morgan fingerprint density at radius 3 is 2.69 bits per heavy atom. The largest absolute Gasteiger partial charge is 0.347 e. The molecule has 2 heterocycles. The maximum Gasteiger partial charge on any atom is 0.256 e. The van der Waals surface area contributed by atoms with Gasteiger partial charge in [0.1, 0.15) is 6.04 Å². The fourth-order valence-electron chi connectivity index (χ4n) is 3.45. The van der Waals surface area contributed by atoms with Crippen LogP contribution in [0, 0.1) is 0 Å². The molecule has 0 aliphatic carbocycles. The van der Waals surface area contributed by atoms with Crippen LogP contribution in [0.4, 0.5) is 5.69 Å². The third kappa shape index (κ3) is 2.93. The van der Waals surface area contributed by atoms with E-state index < -0.39 is 6.04 Å². The molecule has 3 amide bonds. The van der Waals surface area contributed by atoms with Crippen molar-refractivity contribution in [3.63, 3.8) is 0 Å². The monoisotopic (exact) mass is 369 g/mol. The van der Waals surface area contributed by atoms with Crippen LogP contribution in [-0.4, -0.2) is 41.2 Å². The van der Waals surface area contributed by atoms with Crippen molar-refractivity contribution in [1.29, 1.82) is 0 Å².